The van der Waals surface area contributed by atoms with E-state index in [4.69, 9.17) is 22.9 Å². The second kappa shape index (κ2) is 29.5. The van der Waals surface area contributed by atoms with E-state index in [1.54, 1.807) is 13.8 Å². The van der Waals surface area contributed by atoms with Crippen LogP contribution in [-0.4, -0.2) is 177 Å². The number of carbonyl (C=O) groups is 10. The van der Waals surface area contributed by atoms with Gasteiger partial charge in [0.05, 0.1) is 50.3 Å². The molecule has 1 aromatic rings. The molecule has 0 spiro atoms. The first-order valence-electron chi connectivity index (χ1n) is 22.9. The number of phenolic OH excluding ortho intramolecular Hbond substituents is 1. The molecule has 2 fully saturated rings. The van der Waals surface area contributed by atoms with Crippen LogP contribution in [0.25, 0.3) is 0 Å². The summed E-state index contributed by atoms with van der Waals surface area (Å²) < 4.78 is 0. The standard InChI is InChI=1S/C43H68N12O14S2/c1-3-21(2)36-42(68)50-27(10-11-32(45)59)39(65)52-30(14-33(46)60)40(66)53-31(20-71-70-19-26(44)37(63)51-29(41(67)54-36)13-23-6-8-24(57)9-7-23)43(69)55(16-25(58)18-56)17-35(62)49-28(12-22-4-5-22)38(64)48-15-34(47)61/h6-9,21-22,25-31,36,40,53,56-58,66H,3-5,10-20,44H2,1-2H3,(H2,45,59)(H2,46,60)(H2,47,61)(H,48,64)(H,49,62)(H,50,68)(H,51,63)(H,52,65)(H,54,67)/t21-,25?,26-,27-,28-,29-,30-,31-,36-,40?/m0/s1. The van der Waals surface area contributed by atoms with Gasteiger partial charge in [-0.1, -0.05) is 66.8 Å². The maximum Gasteiger partial charge on any atom is 0.243 e. The lowest BCUT2D eigenvalue weighted by molar-refractivity contribution is -0.140. The van der Waals surface area contributed by atoms with Crippen molar-refractivity contribution in [1.29, 1.82) is 0 Å². The third kappa shape index (κ3) is 21.2. The van der Waals surface area contributed by atoms with Gasteiger partial charge < -0.3 is 80.2 Å². The first kappa shape index (κ1) is 59.5. The highest BCUT2D eigenvalue weighted by Gasteiger charge is 2.38. The third-order valence-corrected chi connectivity index (χ3v) is 13.9. The number of nitrogens with one attached hydrogen (secondary N) is 7. The highest BCUT2D eigenvalue weighted by molar-refractivity contribution is 8.76. The van der Waals surface area contributed by atoms with Gasteiger partial charge in [-0.05, 0) is 42.4 Å². The molecule has 1 aliphatic heterocycles. The predicted molar refractivity (Wildman–Crippen MR) is 258 cm³/mol. The van der Waals surface area contributed by atoms with Crippen LogP contribution in [0.2, 0.25) is 0 Å². The van der Waals surface area contributed by atoms with E-state index in [0.29, 0.717) is 12.0 Å². The lowest BCUT2D eigenvalue weighted by Gasteiger charge is -2.33. The zero-order valence-corrected chi connectivity index (χ0v) is 41.1. The monoisotopic (exact) mass is 1040 g/mol. The van der Waals surface area contributed by atoms with Gasteiger partial charge in [-0.3, -0.25) is 53.3 Å². The van der Waals surface area contributed by atoms with Gasteiger partial charge in [0.1, 0.15) is 36.1 Å². The van der Waals surface area contributed by atoms with Crippen molar-refractivity contribution in [1.82, 2.24) is 42.1 Å². The van der Waals surface area contributed by atoms with E-state index in [1.165, 1.54) is 24.3 Å². The summed E-state index contributed by atoms with van der Waals surface area (Å²) in [6.45, 7) is 0.499. The van der Waals surface area contributed by atoms with Crippen molar-refractivity contribution in [2.45, 2.75) is 120 Å². The van der Waals surface area contributed by atoms with Crippen molar-refractivity contribution in [3.63, 3.8) is 0 Å². The quantitative estimate of drug-likeness (QED) is 0.0510. The number of carbonyl (C=O) groups excluding carboxylic acids is 10. The second-order valence-corrected chi connectivity index (χ2v) is 20.1. The van der Waals surface area contributed by atoms with Gasteiger partial charge in [0, 0.05) is 30.9 Å². The maximum absolute atomic E-state index is 14.5. The fourth-order valence-electron chi connectivity index (χ4n) is 7.09. The van der Waals surface area contributed by atoms with Gasteiger partial charge in [0.2, 0.25) is 59.1 Å². The number of aromatic hydroxyl groups is 1. The highest BCUT2D eigenvalue weighted by atomic mass is 33.1. The first-order valence-corrected chi connectivity index (χ1v) is 25.4. The number of rotatable bonds is 21. The maximum atomic E-state index is 14.5. The molecule has 0 radical (unpaired) electrons. The molecule has 10 atom stereocenters. The van der Waals surface area contributed by atoms with Crippen LogP contribution < -0.4 is 60.2 Å². The molecule has 0 aromatic heterocycles. The topological polar surface area (TPSA) is 443 Å². The van der Waals surface area contributed by atoms with E-state index in [0.717, 1.165) is 39.3 Å². The van der Waals surface area contributed by atoms with E-state index in [2.05, 4.69) is 37.2 Å². The minimum absolute atomic E-state index is 0.0631. The van der Waals surface area contributed by atoms with Crippen LogP contribution in [0, 0.1) is 11.8 Å². The molecule has 3 rings (SSSR count). The largest absolute Gasteiger partial charge is 0.508 e. The number of phenols is 1. The molecule has 396 valence electrons. The number of amides is 10. The van der Waals surface area contributed by atoms with E-state index >= 15 is 0 Å². The first-order chi connectivity index (χ1) is 33.5. The number of nitrogens with two attached hydrogens (primary N) is 4. The Morgan fingerprint density at radius 2 is 1.49 bits per heavy atom. The fraction of sp³-hybridized carbons (Fsp3) is 0.628. The van der Waals surface area contributed by atoms with E-state index in [9.17, 15) is 68.4 Å². The smallest absolute Gasteiger partial charge is 0.243 e. The van der Waals surface area contributed by atoms with Gasteiger partial charge in [0.25, 0.3) is 0 Å². The number of hydrogen-bond acceptors (Lipinski definition) is 18. The van der Waals surface area contributed by atoms with Gasteiger partial charge >= 0.3 is 0 Å². The van der Waals surface area contributed by atoms with Gasteiger partial charge in [0.15, 0.2) is 0 Å². The number of aliphatic hydroxyl groups excluding tert-OH is 3. The zero-order valence-electron chi connectivity index (χ0n) is 39.5. The molecule has 1 saturated carbocycles. The van der Waals surface area contributed by atoms with E-state index in [1.807, 2.05) is 0 Å². The Morgan fingerprint density at radius 3 is 2.08 bits per heavy atom. The molecule has 19 N–H and O–H groups in total. The molecule has 28 heteroatoms. The minimum atomic E-state index is -2.02. The minimum Gasteiger partial charge on any atom is -0.508 e. The van der Waals surface area contributed by atoms with Gasteiger partial charge in [-0.25, -0.2) is 0 Å². The molecule has 1 aromatic carbocycles. The summed E-state index contributed by atoms with van der Waals surface area (Å²) >= 11 is 0. The summed E-state index contributed by atoms with van der Waals surface area (Å²) in [6, 6.07) is -4.19. The molecule has 0 bridgehead atoms. The average Bonchev–Trinajstić information content (AvgIpc) is 4.14. The Labute approximate surface area is 417 Å². The van der Waals surface area contributed by atoms with E-state index in [-0.39, 0.29) is 36.0 Å². The summed E-state index contributed by atoms with van der Waals surface area (Å²) in [5.74, 6) is -9.96. The number of hydrogen-bond donors (Lipinski definition) is 15. The zero-order chi connectivity index (χ0) is 52.9. The SMILES string of the molecule is CC[C@H](C)[C@@H]1NC(=O)[C@H](Cc2ccc(O)cc2)NC(=O)[C@@H](N)CSSC[C@@H](C(=O)N(CC(=O)N[C@@H](CC2CC2)C(=O)NCC(N)=O)CC(O)CO)NC(O)[C@H](CC(N)=O)NC(=O)[C@H](CCC(N)=O)NC1=O. The Hall–Kier alpha value is -5.78. The lowest BCUT2D eigenvalue weighted by Crippen LogP contribution is -2.62. The van der Waals surface area contributed by atoms with Crippen LogP contribution in [0.15, 0.2) is 24.3 Å². The van der Waals surface area contributed by atoms with E-state index < -0.39 is 165 Å². The van der Waals surface area contributed by atoms with Crippen LogP contribution in [0.3, 0.4) is 0 Å². The summed E-state index contributed by atoms with van der Waals surface area (Å²) in [5, 5.41) is 59.5. The molecule has 2 unspecified atom stereocenters. The molecule has 10 amide bonds. The Balaban J connectivity index is 2.07. The third-order valence-electron chi connectivity index (χ3n) is 11.5. The molecular formula is C43H68N12O14S2. The van der Waals surface area contributed by atoms with Crippen molar-refractivity contribution < 1.29 is 68.4 Å². The summed E-state index contributed by atoms with van der Waals surface area (Å²) in [5.41, 5.74) is 22.9. The number of nitrogens with zero attached hydrogens (tertiary/aromatic N) is 1. The van der Waals surface area contributed by atoms with Crippen LogP contribution in [0.1, 0.15) is 64.4 Å². The number of aliphatic hydroxyl groups is 3. The second-order valence-electron chi connectivity index (χ2n) is 17.5. The molecule has 2 aliphatic rings. The molecule has 71 heavy (non-hydrogen) atoms. The highest BCUT2D eigenvalue weighted by Crippen LogP contribution is 2.33. The summed E-state index contributed by atoms with van der Waals surface area (Å²) in [7, 11) is 1.92. The molecule has 1 aliphatic carbocycles. The molecular weight excluding hydrogens is 973 g/mol. The van der Waals surface area contributed by atoms with Crippen molar-refractivity contribution in [3.05, 3.63) is 29.8 Å². The van der Waals surface area contributed by atoms with Crippen molar-refractivity contribution in [2.75, 3.05) is 37.7 Å². The molecule has 1 heterocycles. The molecule has 1 saturated heterocycles. The predicted octanol–water partition coefficient (Wildman–Crippen LogP) is -5.87. The lowest BCUT2D eigenvalue weighted by atomic mass is 9.96. The Morgan fingerprint density at radius 1 is 0.859 bits per heavy atom. The Bertz CT molecular complexity index is 2040. The molecule has 26 nitrogen and oxygen atoms in total. The van der Waals surface area contributed by atoms with Crippen LogP contribution in [0.4, 0.5) is 0 Å². The van der Waals surface area contributed by atoms with Crippen molar-refractivity contribution in [3.8, 4) is 5.75 Å². The van der Waals surface area contributed by atoms with Gasteiger partial charge in [-0.15, -0.1) is 0 Å². The van der Waals surface area contributed by atoms with Crippen LogP contribution in [0.5, 0.6) is 5.75 Å². The van der Waals surface area contributed by atoms with Gasteiger partial charge in [-0.2, -0.15) is 0 Å². The van der Waals surface area contributed by atoms with Crippen molar-refractivity contribution in [2.24, 2.45) is 34.8 Å². The Kier molecular flexibility index (Phi) is 24.8. The van der Waals surface area contributed by atoms with Crippen molar-refractivity contribution >= 4 is 80.7 Å². The number of benzene rings is 1. The summed E-state index contributed by atoms with van der Waals surface area (Å²) in [4.78, 5) is 133. The fourth-order valence-corrected chi connectivity index (χ4v) is 9.38. The van der Waals surface area contributed by atoms with Crippen LogP contribution >= 0.6 is 21.6 Å². The normalized spacial score (nSPS) is 24.3. The summed E-state index contributed by atoms with van der Waals surface area (Å²) in [6.07, 6.45) is -3.33. The van der Waals surface area contributed by atoms with Crippen LogP contribution in [-0.2, 0) is 54.4 Å². The number of primary amides is 3. The average molecular weight is 1040 g/mol.